The van der Waals surface area contributed by atoms with Crippen LogP contribution in [0.5, 0.6) is 0 Å². The summed E-state index contributed by atoms with van der Waals surface area (Å²) in [5.41, 5.74) is 2.14. The number of benzene rings is 1. The predicted octanol–water partition coefficient (Wildman–Crippen LogP) is 4.31. The first-order chi connectivity index (χ1) is 13.9. The molecule has 3 aromatic rings. The Labute approximate surface area is 179 Å². The number of carbonyl (C=O) groups is 1. The second-order valence-corrected chi connectivity index (χ2v) is 9.62. The lowest BCUT2D eigenvalue weighted by Crippen LogP contribution is -2.38. The normalized spacial score (nSPS) is 12.3. The van der Waals surface area contributed by atoms with E-state index in [1.165, 1.54) is 17.3 Å². The minimum Gasteiger partial charge on any atom is -0.342 e. The zero-order chi connectivity index (χ0) is 21.0. The number of amides is 1. The van der Waals surface area contributed by atoms with E-state index in [0.717, 1.165) is 21.7 Å². The summed E-state index contributed by atoms with van der Waals surface area (Å²) in [6.45, 7) is 9.29. The summed E-state index contributed by atoms with van der Waals surface area (Å²) in [6.07, 6.45) is 0.848. The lowest BCUT2D eigenvalue weighted by atomic mass is 10.1. The van der Waals surface area contributed by atoms with Crippen molar-refractivity contribution < 1.29 is 4.79 Å². The van der Waals surface area contributed by atoms with Gasteiger partial charge in [-0.3, -0.25) is 9.59 Å². The van der Waals surface area contributed by atoms with Crippen molar-refractivity contribution in [1.29, 1.82) is 0 Å². The maximum atomic E-state index is 12.9. The minimum absolute atomic E-state index is 0.0931. The van der Waals surface area contributed by atoms with Crippen LogP contribution in [0.2, 0.25) is 0 Å². The first kappa shape index (κ1) is 21.6. The van der Waals surface area contributed by atoms with Gasteiger partial charge in [-0.2, -0.15) is 0 Å². The van der Waals surface area contributed by atoms with Crippen LogP contribution in [0, 0.1) is 13.8 Å². The topological polar surface area (TPSA) is 66.1 Å². The number of aromatic amines is 1. The van der Waals surface area contributed by atoms with E-state index in [9.17, 15) is 9.59 Å². The summed E-state index contributed by atoms with van der Waals surface area (Å²) < 4.78 is 0. The first-order valence-electron chi connectivity index (χ1n) is 9.84. The fraction of sp³-hybridized carbons (Fsp3) is 0.409. The van der Waals surface area contributed by atoms with Gasteiger partial charge in [-0.05, 0) is 45.2 Å². The molecular weight excluding hydrogens is 402 g/mol. The quantitative estimate of drug-likeness (QED) is 0.579. The smallest absolute Gasteiger partial charge is 0.259 e. The van der Waals surface area contributed by atoms with E-state index in [1.54, 1.807) is 11.3 Å². The lowest BCUT2D eigenvalue weighted by Gasteiger charge is -2.24. The van der Waals surface area contributed by atoms with Gasteiger partial charge in [-0.15, -0.1) is 23.1 Å². The SMILES string of the molecule is CCN(CCc1ccccc1)C(=O)C(C)SCc1nc2sc(C)c(C)c2c(=O)[nH]1. The standard InChI is InChI=1S/C22H27N3O2S2/c1-5-25(12-11-17-9-7-6-8-10-17)22(27)16(4)28-13-18-23-20(26)19-14(2)15(3)29-21(19)24-18/h6-10,16H,5,11-13H2,1-4H3,(H,23,24,26). The van der Waals surface area contributed by atoms with Gasteiger partial charge in [0.25, 0.3) is 5.56 Å². The molecule has 5 nitrogen and oxygen atoms in total. The van der Waals surface area contributed by atoms with Gasteiger partial charge in [-0.1, -0.05) is 30.3 Å². The Morgan fingerprint density at radius 3 is 2.69 bits per heavy atom. The predicted molar refractivity (Wildman–Crippen MR) is 123 cm³/mol. The molecule has 1 N–H and O–H groups in total. The molecule has 0 aliphatic rings. The van der Waals surface area contributed by atoms with Gasteiger partial charge in [0.05, 0.1) is 16.4 Å². The van der Waals surface area contributed by atoms with Crippen LogP contribution in [0.15, 0.2) is 35.1 Å². The van der Waals surface area contributed by atoms with Crippen molar-refractivity contribution in [2.45, 2.75) is 45.1 Å². The molecule has 1 aromatic carbocycles. The Balaban J connectivity index is 1.61. The fourth-order valence-corrected chi connectivity index (χ4v) is 5.12. The molecule has 3 rings (SSSR count). The third-order valence-electron chi connectivity index (χ3n) is 5.11. The summed E-state index contributed by atoms with van der Waals surface area (Å²) in [6, 6.07) is 10.2. The number of hydrogen-bond donors (Lipinski definition) is 1. The summed E-state index contributed by atoms with van der Waals surface area (Å²) in [5.74, 6) is 1.25. The summed E-state index contributed by atoms with van der Waals surface area (Å²) in [4.78, 5) is 36.5. The monoisotopic (exact) mass is 429 g/mol. The minimum atomic E-state index is -0.196. The number of thioether (sulfide) groups is 1. The van der Waals surface area contributed by atoms with Crippen molar-refractivity contribution in [2.75, 3.05) is 13.1 Å². The molecule has 154 valence electrons. The van der Waals surface area contributed by atoms with Crippen molar-refractivity contribution in [2.24, 2.45) is 0 Å². The number of nitrogens with zero attached hydrogens (tertiary/aromatic N) is 2. The van der Waals surface area contributed by atoms with Crippen LogP contribution in [0.3, 0.4) is 0 Å². The second-order valence-electron chi connectivity index (χ2n) is 7.08. The summed E-state index contributed by atoms with van der Waals surface area (Å²) in [5, 5.41) is 0.488. The maximum Gasteiger partial charge on any atom is 0.259 e. The van der Waals surface area contributed by atoms with Crippen LogP contribution in [-0.4, -0.2) is 39.1 Å². The van der Waals surface area contributed by atoms with Gasteiger partial charge in [0.15, 0.2) is 0 Å². The fourth-order valence-electron chi connectivity index (χ4n) is 3.23. The van der Waals surface area contributed by atoms with Crippen LogP contribution in [0.4, 0.5) is 0 Å². The zero-order valence-corrected chi connectivity index (χ0v) is 19.0. The molecule has 0 radical (unpaired) electrons. The van der Waals surface area contributed by atoms with E-state index in [1.807, 2.05) is 50.8 Å². The molecule has 0 bridgehead atoms. The van der Waals surface area contributed by atoms with Crippen LogP contribution in [0.25, 0.3) is 10.2 Å². The number of likely N-dealkylation sites (N-methyl/N-ethyl adjacent to an activating group) is 1. The van der Waals surface area contributed by atoms with E-state index in [2.05, 4.69) is 22.1 Å². The number of nitrogens with one attached hydrogen (secondary N) is 1. The molecule has 0 aliphatic carbocycles. The van der Waals surface area contributed by atoms with E-state index in [4.69, 9.17) is 0 Å². The molecule has 0 spiro atoms. The highest BCUT2D eigenvalue weighted by atomic mass is 32.2. The Bertz CT molecular complexity index is 1040. The van der Waals surface area contributed by atoms with Crippen molar-refractivity contribution in [3.05, 3.63) is 62.5 Å². The molecule has 29 heavy (non-hydrogen) atoms. The van der Waals surface area contributed by atoms with E-state index < -0.39 is 0 Å². The Hall–Kier alpha value is -2.12. The zero-order valence-electron chi connectivity index (χ0n) is 17.3. The van der Waals surface area contributed by atoms with Crippen molar-refractivity contribution >= 4 is 39.2 Å². The second kappa shape index (κ2) is 9.59. The number of H-pyrrole nitrogens is 1. The molecule has 2 aromatic heterocycles. The number of fused-ring (bicyclic) bond motifs is 1. The summed E-state index contributed by atoms with van der Waals surface area (Å²) >= 11 is 3.06. The van der Waals surface area contributed by atoms with E-state index in [-0.39, 0.29) is 16.7 Å². The highest BCUT2D eigenvalue weighted by Gasteiger charge is 2.20. The third kappa shape index (κ3) is 5.08. The average molecular weight is 430 g/mol. The largest absolute Gasteiger partial charge is 0.342 e. The van der Waals surface area contributed by atoms with Gasteiger partial charge < -0.3 is 9.88 Å². The molecule has 1 unspecified atom stereocenters. The molecule has 1 amide bonds. The highest BCUT2D eigenvalue weighted by Crippen LogP contribution is 2.26. The Morgan fingerprint density at radius 1 is 1.28 bits per heavy atom. The summed E-state index contributed by atoms with van der Waals surface area (Å²) in [7, 11) is 0. The van der Waals surface area contributed by atoms with Gasteiger partial charge in [0.1, 0.15) is 10.7 Å². The maximum absolute atomic E-state index is 12.9. The van der Waals surface area contributed by atoms with Crippen molar-refractivity contribution in [3.8, 4) is 0 Å². The number of rotatable bonds is 8. The Morgan fingerprint density at radius 2 is 2.00 bits per heavy atom. The van der Waals surface area contributed by atoms with Crippen molar-refractivity contribution in [1.82, 2.24) is 14.9 Å². The van der Waals surface area contributed by atoms with Crippen molar-refractivity contribution in [3.63, 3.8) is 0 Å². The number of aryl methyl sites for hydroxylation is 2. The molecule has 0 aliphatic heterocycles. The number of aromatic nitrogens is 2. The van der Waals surface area contributed by atoms with Crippen LogP contribution in [0.1, 0.15) is 35.7 Å². The van der Waals surface area contributed by atoms with Crippen LogP contribution < -0.4 is 5.56 Å². The molecule has 0 saturated carbocycles. The Kier molecular flexibility index (Phi) is 7.14. The molecule has 7 heteroatoms. The average Bonchev–Trinajstić information content (AvgIpc) is 3.01. The first-order valence-corrected chi connectivity index (χ1v) is 11.7. The molecule has 1 atom stereocenters. The molecule has 2 heterocycles. The number of carbonyl (C=O) groups excluding carboxylic acids is 1. The van der Waals surface area contributed by atoms with Gasteiger partial charge in [0, 0.05) is 18.0 Å². The molecular formula is C22H27N3O2S2. The van der Waals surface area contributed by atoms with Gasteiger partial charge in [-0.25, -0.2) is 4.98 Å². The van der Waals surface area contributed by atoms with E-state index >= 15 is 0 Å². The van der Waals surface area contributed by atoms with Gasteiger partial charge in [0.2, 0.25) is 5.91 Å². The van der Waals surface area contributed by atoms with Crippen LogP contribution >= 0.6 is 23.1 Å². The molecule has 0 saturated heterocycles. The van der Waals surface area contributed by atoms with E-state index in [0.29, 0.717) is 30.1 Å². The third-order valence-corrected chi connectivity index (χ3v) is 7.36. The highest BCUT2D eigenvalue weighted by molar-refractivity contribution is 7.99. The number of hydrogen-bond acceptors (Lipinski definition) is 5. The molecule has 0 fully saturated rings. The lowest BCUT2D eigenvalue weighted by molar-refractivity contribution is -0.130. The van der Waals surface area contributed by atoms with Gasteiger partial charge >= 0.3 is 0 Å². The van der Waals surface area contributed by atoms with Crippen LogP contribution in [-0.2, 0) is 17.0 Å². The number of thiophene rings is 1.